The van der Waals surface area contributed by atoms with Gasteiger partial charge in [-0.1, -0.05) is 25.5 Å². The summed E-state index contributed by atoms with van der Waals surface area (Å²) in [6, 6.07) is 9.18. The summed E-state index contributed by atoms with van der Waals surface area (Å²) in [5, 5.41) is 4.80. The van der Waals surface area contributed by atoms with E-state index >= 15 is 0 Å². The zero-order chi connectivity index (χ0) is 13.9. The van der Waals surface area contributed by atoms with E-state index in [0.29, 0.717) is 6.04 Å². The quantitative estimate of drug-likeness (QED) is 0.930. The summed E-state index contributed by atoms with van der Waals surface area (Å²) in [4.78, 5) is 7.09. The molecule has 3 rings (SSSR count). The Kier molecular flexibility index (Phi) is 4.22. The van der Waals surface area contributed by atoms with Gasteiger partial charge in [-0.25, -0.2) is 0 Å². The van der Waals surface area contributed by atoms with Crippen molar-refractivity contribution in [1.29, 1.82) is 0 Å². The van der Waals surface area contributed by atoms with Crippen LogP contribution >= 0.6 is 15.9 Å². The lowest BCUT2D eigenvalue weighted by Crippen LogP contribution is -2.50. The van der Waals surface area contributed by atoms with Gasteiger partial charge in [0, 0.05) is 41.7 Å². The van der Waals surface area contributed by atoms with Gasteiger partial charge in [0.15, 0.2) is 0 Å². The highest BCUT2D eigenvalue weighted by molar-refractivity contribution is 9.10. The van der Waals surface area contributed by atoms with Gasteiger partial charge in [-0.15, -0.1) is 0 Å². The maximum atomic E-state index is 4.62. The van der Waals surface area contributed by atoms with Crippen LogP contribution in [0.1, 0.15) is 19.8 Å². The van der Waals surface area contributed by atoms with Crippen molar-refractivity contribution in [2.45, 2.75) is 25.8 Å². The first-order valence-electron chi connectivity index (χ1n) is 7.30. The molecule has 2 aromatic rings. The molecule has 0 bridgehead atoms. The van der Waals surface area contributed by atoms with Crippen LogP contribution in [0.3, 0.4) is 0 Å². The minimum Gasteiger partial charge on any atom is -0.367 e. The maximum Gasteiger partial charge on any atom is 0.0936 e. The Morgan fingerprint density at radius 3 is 3.20 bits per heavy atom. The number of nitrogens with one attached hydrogen (secondary N) is 1. The van der Waals surface area contributed by atoms with Gasteiger partial charge in [-0.05, 0) is 34.5 Å². The molecule has 0 aliphatic carbocycles. The van der Waals surface area contributed by atoms with Crippen LogP contribution in [0.5, 0.6) is 0 Å². The third kappa shape index (κ3) is 2.81. The maximum absolute atomic E-state index is 4.62. The lowest BCUT2D eigenvalue weighted by molar-refractivity contribution is 0.431. The summed E-state index contributed by atoms with van der Waals surface area (Å²) in [5.41, 5.74) is 2.37. The van der Waals surface area contributed by atoms with E-state index in [-0.39, 0.29) is 0 Å². The summed E-state index contributed by atoms with van der Waals surface area (Å²) >= 11 is 3.50. The van der Waals surface area contributed by atoms with E-state index in [2.05, 4.69) is 62.3 Å². The molecule has 0 saturated carbocycles. The first kappa shape index (κ1) is 13.8. The minimum atomic E-state index is 0.597. The summed E-state index contributed by atoms with van der Waals surface area (Å²) < 4.78 is 1.03. The molecule has 1 aliphatic heterocycles. The number of aromatic nitrogens is 1. The number of pyridine rings is 1. The SMILES string of the molecule is CCCC1CN(c2cccc3cc(Br)cnc23)CCN1. The third-order valence-electron chi connectivity index (χ3n) is 3.89. The molecule has 3 nitrogen and oxygen atoms in total. The van der Waals surface area contributed by atoms with Crippen molar-refractivity contribution in [1.82, 2.24) is 10.3 Å². The van der Waals surface area contributed by atoms with Gasteiger partial charge in [0.05, 0.1) is 11.2 Å². The highest BCUT2D eigenvalue weighted by atomic mass is 79.9. The number of anilines is 1. The standard InChI is InChI=1S/C16H20BrN3/c1-2-4-14-11-20(8-7-18-14)15-6-3-5-12-9-13(17)10-19-16(12)15/h3,5-6,9-10,14,18H,2,4,7-8,11H2,1H3. The minimum absolute atomic E-state index is 0.597. The van der Waals surface area contributed by atoms with Crippen LogP contribution in [-0.4, -0.2) is 30.7 Å². The van der Waals surface area contributed by atoms with E-state index in [0.717, 1.165) is 29.6 Å². The second kappa shape index (κ2) is 6.10. The summed E-state index contributed by atoms with van der Waals surface area (Å²) in [6.45, 7) is 5.43. The number of hydrogen-bond donors (Lipinski definition) is 1. The fourth-order valence-electron chi connectivity index (χ4n) is 2.96. The molecule has 2 heterocycles. The zero-order valence-corrected chi connectivity index (χ0v) is 13.4. The van der Waals surface area contributed by atoms with Crippen molar-refractivity contribution < 1.29 is 0 Å². The van der Waals surface area contributed by atoms with Gasteiger partial charge in [-0.3, -0.25) is 4.98 Å². The predicted octanol–water partition coefficient (Wildman–Crippen LogP) is 3.58. The van der Waals surface area contributed by atoms with E-state index in [1.54, 1.807) is 0 Å². The summed E-state index contributed by atoms with van der Waals surface area (Å²) in [5.74, 6) is 0. The molecule has 1 aliphatic rings. The highest BCUT2D eigenvalue weighted by Crippen LogP contribution is 2.27. The Labute approximate surface area is 128 Å². The summed E-state index contributed by atoms with van der Waals surface area (Å²) in [6.07, 6.45) is 4.35. The number of nitrogens with zero attached hydrogens (tertiary/aromatic N) is 2. The molecule has 1 atom stereocenters. The third-order valence-corrected chi connectivity index (χ3v) is 4.32. The highest BCUT2D eigenvalue weighted by Gasteiger charge is 2.20. The van der Waals surface area contributed by atoms with E-state index in [1.165, 1.54) is 23.9 Å². The van der Waals surface area contributed by atoms with Crippen LogP contribution in [-0.2, 0) is 0 Å². The monoisotopic (exact) mass is 333 g/mol. The van der Waals surface area contributed by atoms with Crippen LogP contribution in [0, 0.1) is 0 Å². The van der Waals surface area contributed by atoms with E-state index in [1.807, 2.05) is 6.20 Å². The molecule has 1 aromatic heterocycles. The average Bonchev–Trinajstić information content (AvgIpc) is 2.47. The molecule has 0 amide bonds. The van der Waals surface area contributed by atoms with Gasteiger partial charge < -0.3 is 10.2 Å². The first-order chi connectivity index (χ1) is 9.78. The Hall–Kier alpha value is -1.13. The molecule has 4 heteroatoms. The normalized spacial score (nSPS) is 19.5. The number of piperazine rings is 1. The molecule has 1 fully saturated rings. The van der Waals surface area contributed by atoms with Crippen molar-refractivity contribution in [3.63, 3.8) is 0 Å². The Morgan fingerprint density at radius 1 is 1.45 bits per heavy atom. The number of fused-ring (bicyclic) bond motifs is 1. The molecule has 1 N–H and O–H groups in total. The zero-order valence-electron chi connectivity index (χ0n) is 11.8. The van der Waals surface area contributed by atoms with Crippen LogP contribution in [0.4, 0.5) is 5.69 Å². The average molecular weight is 334 g/mol. The largest absolute Gasteiger partial charge is 0.367 e. The Bertz CT molecular complexity index is 597. The fraction of sp³-hybridized carbons (Fsp3) is 0.438. The predicted molar refractivity (Wildman–Crippen MR) is 88.4 cm³/mol. The van der Waals surface area contributed by atoms with Gasteiger partial charge in [0.2, 0.25) is 0 Å². The Balaban J connectivity index is 1.93. The van der Waals surface area contributed by atoms with Gasteiger partial charge in [0.1, 0.15) is 0 Å². The molecule has 0 radical (unpaired) electrons. The van der Waals surface area contributed by atoms with Crippen LogP contribution in [0.25, 0.3) is 10.9 Å². The van der Waals surface area contributed by atoms with Gasteiger partial charge in [0.25, 0.3) is 0 Å². The molecule has 1 unspecified atom stereocenters. The van der Waals surface area contributed by atoms with Crippen molar-refractivity contribution in [2.75, 3.05) is 24.5 Å². The number of rotatable bonds is 3. The molecule has 106 valence electrons. The van der Waals surface area contributed by atoms with Gasteiger partial charge >= 0.3 is 0 Å². The van der Waals surface area contributed by atoms with Crippen molar-refractivity contribution in [2.24, 2.45) is 0 Å². The molecule has 20 heavy (non-hydrogen) atoms. The topological polar surface area (TPSA) is 28.2 Å². The second-order valence-corrected chi connectivity index (χ2v) is 6.30. The number of para-hydroxylation sites is 1. The number of benzene rings is 1. The smallest absolute Gasteiger partial charge is 0.0936 e. The molecule has 1 saturated heterocycles. The molecular formula is C16H20BrN3. The molecule has 0 spiro atoms. The van der Waals surface area contributed by atoms with Crippen LogP contribution < -0.4 is 10.2 Å². The van der Waals surface area contributed by atoms with Crippen molar-refractivity contribution in [3.8, 4) is 0 Å². The fourth-order valence-corrected chi connectivity index (χ4v) is 3.31. The van der Waals surface area contributed by atoms with Crippen molar-refractivity contribution in [3.05, 3.63) is 34.9 Å². The molecule has 1 aromatic carbocycles. The summed E-state index contributed by atoms with van der Waals surface area (Å²) in [7, 11) is 0. The lowest BCUT2D eigenvalue weighted by Gasteiger charge is -2.35. The van der Waals surface area contributed by atoms with Gasteiger partial charge in [-0.2, -0.15) is 0 Å². The Morgan fingerprint density at radius 2 is 2.35 bits per heavy atom. The van der Waals surface area contributed by atoms with E-state index in [4.69, 9.17) is 0 Å². The lowest BCUT2D eigenvalue weighted by atomic mass is 10.1. The van der Waals surface area contributed by atoms with E-state index in [9.17, 15) is 0 Å². The number of halogens is 1. The second-order valence-electron chi connectivity index (χ2n) is 5.39. The number of hydrogen-bond acceptors (Lipinski definition) is 3. The van der Waals surface area contributed by atoms with E-state index < -0.39 is 0 Å². The van der Waals surface area contributed by atoms with Crippen molar-refractivity contribution >= 4 is 32.5 Å². The molecular weight excluding hydrogens is 314 g/mol. The first-order valence-corrected chi connectivity index (χ1v) is 8.10. The van der Waals surface area contributed by atoms with Crippen LogP contribution in [0.2, 0.25) is 0 Å². The van der Waals surface area contributed by atoms with Crippen LogP contribution in [0.15, 0.2) is 34.9 Å².